The van der Waals surface area contributed by atoms with E-state index in [1.807, 2.05) is 0 Å². The van der Waals surface area contributed by atoms with E-state index >= 15 is 0 Å². The molecule has 0 unspecified atom stereocenters. The van der Waals surface area contributed by atoms with Gasteiger partial charge < -0.3 is 14.4 Å². The molecule has 1 aliphatic heterocycles. The average Bonchev–Trinajstić information content (AvgIpc) is 2.41. The Balaban J connectivity index is 2.23. The first-order valence-corrected chi connectivity index (χ1v) is 6.50. The van der Waals surface area contributed by atoms with Gasteiger partial charge in [0.25, 0.3) is 5.56 Å². The summed E-state index contributed by atoms with van der Waals surface area (Å²) in [6, 6.07) is 7.93. The standard InChI is InChI=1S/C15H16N2O3/c1-15(2)14(19)13(17-9-4-3-7-11(17)18)12-10(20-15)6-5-8-16-12/h3-9,13-14,19H,1-2H3/t13-,14+/m0/s1. The molecule has 1 aliphatic rings. The normalized spacial score (nSPS) is 23.8. The minimum Gasteiger partial charge on any atom is -0.483 e. The summed E-state index contributed by atoms with van der Waals surface area (Å²) in [6.45, 7) is 3.60. The molecule has 3 heterocycles. The van der Waals surface area contributed by atoms with Gasteiger partial charge in [-0.25, -0.2) is 0 Å². The molecule has 2 atom stereocenters. The molecule has 20 heavy (non-hydrogen) atoms. The zero-order chi connectivity index (χ0) is 14.3. The maximum atomic E-state index is 12.1. The molecule has 2 aromatic rings. The number of ether oxygens (including phenoxy) is 1. The van der Waals surface area contributed by atoms with Gasteiger partial charge in [-0.05, 0) is 32.0 Å². The highest BCUT2D eigenvalue weighted by molar-refractivity contribution is 5.35. The Hall–Kier alpha value is -2.14. The monoisotopic (exact) mass is 272 g/mol. The van der Waals surface area contributed by atoms with Gasteiger partial charge in [-0.2, -0.15) is 0 Å². The van der Waals surface area contributed by atoms with Crippen LogP contribution >= 0.6 is 0 Å². The Morgan fingerprint density at radius 2 is 2.10 bits per heavy atom. The van der Waals surface area contributed by atoms with E-state index in [1.54, 1.807) is 50.5 Å². The van der Waals surface area contributed by atoms with Crippen molar-refractivity contribution >= 4 is 0 Å². The number of aliphatic hydroxyl groups is 1. The molecular weight excluding hydrogens is 256 g/mol. The average molecular weight is 272 g/mol. The topological polar surface area (TPSA) is 64.4 Å². The van der Waals surface area contributed by atoms with Crippen LogP contribution in [0.15, 0.2) is 47.5 Å². The molecule has 0 aromatic carbocycles. The zero-order valence-electron chi connectivity index (χ0n) is 11.4. The summed E-state index contributed by atoms with van der Waals surface area (Å²) in [5.74, 6) is 0.601. The van der Waals surface area contributed by atoms with E-state index in [0.717, 1.165) is 0 Å². The second-order valence-corrected chi connectivity index (χ2v) is 5.43. The molecule has 3 rings (SSSR count). The Morgan fingerprint density at radius 1 is 1.30 bits per heavy atom. The van der Waals surface area contributed by atoms with E-state index < -0.39 is 17.7 Å². The van der Waals surface area contributed by atoms with Gasteiger partial charge >= 0.3 is 0 Å². The summed E-state index contributed by atoms with van der Waals surface area (Å²) in [4.78, 5) is 16.4. The first-order chi connectivity index (χ1) is 9.50. The molecule has 0 aliphatic carbocycles. The number of aromatic nitrogens is 2. The van der Waals surface area contributed by atoms with Gasteiger partial charge in [-0.15, -0.1) is 0 Å². The van der Waals surface area contributed by atoms with Crippen LogP contribution in [0, 0.1) is 0 Å². The van der Waals surface area contributed by atoms with Crippen molar-refractivity contribution in [1.29, 1.82) is 0 Å². The highest BCUT2D eigenvalue weighted by Crippen LogP contribution is 2.39. The fraction of sp³-hybridized carbons (Fsp3) is 0.333. The number of hydrogen-bond donors (Lipinski definition) is 1. The minimum absolute atomic E-state index is 0.175. The number of rotatable bonds is 1. The summed E-state index contributed by atoms with van der Waals surface area (Å²) in [7, 11) is 0. The molecule has 5 nitrogen and oxygen atoms in total. The van der Waals surface area contributed by atoms with Crippen LogP contribution in [-0.2, 0) is 0 Å². The highest BCUT2D eigenvalue weighted by Gasteiger charge is 2.44. The molecule has 0 amide bonds. The quantitative estimate of drug-likeness (QED) is 0.851. The van der Waals surface area contributed by atoms with Gasteiger partial charge in [0.15, 0.2) is 0 Å². The first-order valence-electron chi connectivity index (χ1n) is 6.50. The molecule has 0 radical (unpaired) electrons. The van der Waals surface area contributed by atoms with Crippen LogP contribution in [0.25, 0.3) is 0 Å². The zero-order valence-corrected chi connectivity index (χ0v) is 11.4. The largest absolute Gasteiger partial charge is 0.483 e. The molecule has 2 aromatic heterocycles. The molecule has 1 N–H and O–H groups in total. The van der Waals surface area contributed by atoms with Crippen molar-refractivity contribution in [3.8, 4) is 5.75 Å². The second kappa shape index (κ2) is 4.45. The van der Waals surface area contributed by atoms with Crippen molar-refractivity contribution in [2.75, 3.05) is 0 Å². The molecule has 0 saturated carbocycles. The maximum Gasteiger partial charge on any atom is 0.251 e. The third-order valence-corrected chi connectivity index (χ3v) is 3.61. The van der Waals surface area contributed by atoms with Crippen LogP contribution < -0.4 is 10.3 Å². The van der Waals surface area contributed by atoms with Crippen LogP contribution in [0.5, 0.6) is 5.75 Å². The van der Waals surface area contributed by atoms with Crippen LogP contribution in [0.3, 0.4) is 0 Å². The van der Waals surface area contributed by atoms with E-state index in [9.17, 15) is 9.90 Å². The molecule has 0 spiro atoms. The Kier molecular flexibility index (Phi) is 2.87. The van der Waals surface area contributed by atoms with Crippen LogP contribution in [0.1, 0.15) is 25.6 Å². The number of hydrogen-bond acceptors (Lipinski definition) is 4. The van der Waals surface area contributed by atoms with Gasteiger partial charge in [-0.1, -0.05) is 6.07 Å². The molecule has 0 bridgehead atoms. The Morgan fingerprint density at radius 3 is 2.85 bits per heavy atom. The fourth-order valence-corrected chi connectivity index (χ4v) is 2.54. The Bertz CT molecular complexity index is 693. The predicted molar refractivity (Wildman–Crippen MR) is 73.8 cm³/mol. The van der Waals surface area contributed by atoms with Gasteiger partial charge in [0.1, 0.15) is 29.2 Å². The third kappa shape index (κ3) is 1.91. The highest BCUT2D eigenvalue weighted by atomic mass is 16.5. The maximum absolute atomic E-state index is 12.1. The lowest BCUT2D eigenvalue weighted by atomic mass is 9.89. The number of fused-ring (bicyclic) bond motifs is 1. The second-order valence-electron chi connectivity index (χ2n) is 5.43. The van der Waals surface area contributed by atoms with Gasteiger partial charge in [0.05, 0.1) is 0 Å². The summed E-state index contributed by atoms with van der Waals surface area (Å²) < 4.78 is 7.30. The molecule has 0 saturated heterocycles. The number of pyridine rings is 2. The lowest BCUT2D eigenvalue weighted by Crippen LogP contribution is -2.52. The summed E-state index contributed by atoms with van der Waals surface area (Å²) in [5, 5.41) is 10.6. The van der Waals surface area contributed by atoms with Crippen molar-refractivity contribution in [1.82, 2.24) is 9.55 Å². The molecular formula is C15H16N2O3. The van der Waals surface area contributed by atoms with Crippen molar-refractivity contribution < 1.29 is 9.84 Å². The van der Waals surface area contributed by atoms with Crippen molar-refractivity contribution in [3.63, 3.8) is 0 Å². The predicted octanol–water partition coefficient (Wildman–Crippen LogP) is 1.36. The SMILES string of the molecule is CC1(C)Oc2cccnc2[C@H](n2ccccc2=O)[C@H]1O. The van der Waals surface area contributed by atoms with E-state index in [4.69, 9.17) is 4.74 Å². The van der Waals surface area contributed by atoms with Crippen molar-refractivity contribution in [2.45, 2.75) is 31.6 Å². The lowest BCUT2D eigenvalue weighted by molar-refractivity contribution is -0.0658. The van der Waals surface area contributed by atoms with Crippen LogP contribution in [0.2, 0.25) is 0 Å². The number of aliphatic hydroxyl groups excluding tert-OH is 1. The van der Waals surface area contributed by atoms with Crippen LogP contribution in [0.4, 0.5) is 0 Å². The van der Waals surface area contributed by atoms with Crippen LogP contribution in [-0.4, -0.2) is 26.4 Å². The van der Waals surface area contributed by atoms with E-state index in [1.165, 1.54) is 10.6 Å². The number of nitrogens with zero attached hydrogens (tertiary/aromatic N) is 2. The molecule has 104 valence electrons. The van der Waals surface area contributed by atoms with Gasteiger partial charge in [0.2, 0.25) is 0 Å². The summed E-state index contributed by atoms with van der Waals surface area (Å²) in [6.07, 6.45) is 2.43. The lowest BCUT2D eigenvalue weighted by Gasteiger charge is -2.41. The van der Waals surface area contributed by atoms with Gasteiger partial charge in [-0.3, -0.25) is 9.78 Å². The minimum atomic E-state index is -0.870. The molecule has 0 fully saturated rings. The van der Waals surface area contributed by atoms with Gasteiger partial charge in [0, 0.05) is 18.5 Å². The van der Waals surface area contributed by atoms with E-state index in [-0.39, 0.29) is 5.56 Å². The van der Waals surface area contributed by atoms with Crippen molar-refractivity contribution in [3.05, 3.63) is 58.8 Å². The summed E-state index contributed by atoms with van der Waals surface area (Å²) in [5.41, 5.74) is -0.394. The molecule has 5 heteroatoms. The smallest absolute Gasteiger partial charge is 0.251 e. The van der Waals surface area contributed by atoms with Crippen molar-refractivity contribution in [2.24, 2.45) is 0 Å². The Labute approximate surface area is 116 Å². The third-order valence-electron chi connectivity index (χ3n) is 3.61. The van der Waals surface area contributed by atoms with E-state index in [2.05, 4.69) is 4.98 Å². The van der Waals surface area contributed by atoms with E-state index in [0.29, 0.717) is 11.4 Å². The fourth-order valence-electron chi connectivity index (χ4n) is 2.54. The summed E-state index contributed by atoms with van der Waals surface area (Å²) >= 11 is 0. The first kappa shape index (κ1) is 12.9.